The summed E-state index contributed by atoms with van der Waals surface area (Å²) in [6.45, 7) is 3.53. The molecule has 0 aromatic heterocycles. The van der Waals surface area contributed by atoms with E-state index in [0.717, 1.165) is 10.9 Å². The minimum atomic E-state index is 0. The molecule has 0 aromatic rings. The van der Waals surface area contributed by atoms with Crippen LogP contribution in [0.25, 0.3) is 0 Å². The van der Waals surface area contributed by atoms with Crippen LogP contribution in [0.2, 0.25) is 0 Å². The van der Waals surface area contributed by atoms with E-state index in [1.165, 1.54) is 19.4 Å². The quantitative estimate of drug-likeness (QED) is 0.620. The van der Waals surface area contributed by atoms with Crippen LogP contribution in [-0.4, -0.2) is 29.4 Å². The molecule has 1 aliphatic heterocycles. The van der Waals surface area contributed by atoms with Crippen molar-refractivity contribution < 1.29 is 0 Å². The Hall–Kier alpha value is 0.400. The maximum absolute atomic E-state index is 3.63. The van der Waals surface area contributed by atoms with Crippen molar-refractivity contribution >= 4 is 15.9 Å². The minimum Gasteiger partial charge on any atom is -0.344 e. The first kappa shape index (κ1) is 10.4. The fourth-order valence-electron chi connectivity index (χ4n) is 1.23. The van der Waals surface area contributed by atoms with Crippen LogP contribution in [0.3, 0.4) is 0 Å². The van der Waals surface area contributed by atoms with Crippen LogP contribution >= 0.6 is 15.9 Å². The van der Waals surface area contributed by atoms with E-state index in [2.05, 4.69) is 34.8 Å². The Balaban J connectivity index is 0.000000810. The number of hydrogen-bond acceptors (Lipinski definition) is 2. The summed E-state index contributed by atoms with van der Waals surface area (Å²) >= 11 is 3.63. The zero-order valence-electron chi connectivity index (χ0n) is 6.81. The van der Waals surface area contributed by atoms with E-state index in [1.54, 1.807) is 0 Å². The van der Waals surface area contributed by atoms with E-state index in [4.69, 9.17) is 0 Å². The summed E-state index contributed by atoms with van der Waals surface area (Å²) in [5.74, 6) is 0. The maximum atomic E-state index is 3.63. The van der Waals surface area contributed by atoms with E-state index in [-0.39, 0.29) is 6.15 Å². The molecule has 1 heterocycles. The van der Waals surface area contributed by atoms with Crippen molar-refractivity contribution in [3.63, 3.8) is 0 Å². The molecule has 0 aromatic carbocycles. The van der Waals surface area contributed by atoms with Gasteiger partial charge in [0.1, 0.15) is 0 Å². The molecular weight excluding hydrogens is 192 g/mol. The van der Waals surface area contributed by atoms with Gasteiger partial charge in [0.15, 0.2) is 0 Å². The first-order valence-electron chi connectivity index (χ1n) is 3.54. The number of rotatable bonds is 0. The van der Waals surface area contributed by atoms with Crippen molar-refractivity contribution in [1.29, 1.82) is 0 Å². The standard InChI is InChI=1S/C7H14BrN.H3N/c1-6-5-7(8)3-4-9(6)2;/h6-7H,3-5H2,1-2H3;1H3. The van der Waals surface area contributed by atoms with E-state index < -0.39 is 0 Å². The predicted octanol–water partition coefficient (Wildman–Crippen LogP) is 2.03. The molecule has 10 heavy (non-hydrogen) atoms. The summed E-state index contributed by atoms with van der Waals surface area (Å²) in [5.41, 5.74) is 0. The summed E-state index contributed by atoms with van der Waals surface area (Å²) in [6, 6.07) is 0.767. The van der Waals surface area contributed by atoms with E-state index in [9.17, 15) is 0 Å². The maximum Gasteiger partial charge on any atom is 0.0172 e. The molecule has 1 rings (SSSR count). The summed E-state index contributed by atoms with van der Waals surface area (Å²) < 4.78 is 0. The second-order valence-electron chi connectivity index (χ2n) is 2.95. The Labute approximate surface area is 71.7 Å². The third-order valence-corrected chi connectivity index (χ3v) is 2.98. The van der Waals surface area contributed by atoms with Gasteiger partial charge in [-0.2, -0.15) is 0 Å². The lowest BCUT2D eigenvalue weighted by molar-refractivity contribution is 0.206. The molecule has 0 amide bonds. The largest absolute Gasteiger partial charge is 0.344 e. The first-order valence-corrected chi connectivity index (χ1v) is 4.46. The molecule has 0 bridgehead atoms. The van der Waals surface area contributed by atoms with E-state index in [0.29, 0.717) is 0 Å². The van der Waals surface area contributed by atoms with Crippen molar-refractivity contribution in [2.24, 2.45) is 0 Å². The number of nitrogens with zero attached hydrogens (tertiary/aromatic N) is 1. The molecule has 3 heteroatoms. The fraction of sp³-hybridized carbons (Fsp3) is 1.00. The molecular formula is C7H17BrN2. The van der Waals surface area contributed by atoms with Crippen LogP contribution in [0.4, 0.5) is 0 Å². The highest BCUT2D eigenvalue weighted by Crippen LogP contribution is 2.20. The monoisotopic (exact) mass is 208 g/mol. The molecule has 2 atom stereocenters. The second-order valence-corrected chi connectivity index (χ2v) is 4.25. The summed E-state index contributed by atoms with van der Waals surface area (Å²) in [7, 11) is 2.20. The van der Waals surface area contributed by atoms with Crippen LogP contribution in [0.15, 0.2) is 0 Å². The van der Waals surface area contributed by atoms with Crippen molar-refractivity contribution in [2.75, 3.05) is 13.6 Å². The molecule has 0 aliphatic carbocycles. The zero-order valence-corrected chi connectivity index (χ0v) is 8.39. The fourth-order valence-corrected chi connectivity index (χ4v) is 1.98. The Bertz CT molecular complexity index is 97.6. The van der Waals surface area contributed by atoms with Crippen LogP contribution in [0, 0.1) is 0 Å². The molecule has 1 fully saturated rings. The second kappa shape index (κ2) is 4.31. The highest BCUT2D eigenvalue weighted by Gasteiger charge is 2.19. The average molecular weight is 209 g/mol. The lowest BCUT2D eigenvalue weighted by atomic mass is 10.1. The topological polar surface area (TPSA) is 38.2 Å². The lowest BCUT2D eigenvalue weighted by Crippen LogP contribution is -2.37. The third-order valence-electron chi connectivity index (χ3n) is 2.14. The minimum absolute atomic E-state index is 0. The van der Waals surface area contributed by atoms with Gasteiger partial charge in [0.05, 0.1) is 0 Å². The van der Waals surface area contributed by atoms with Crippen molar-refractivity contribution in [2.45, 2.75) is 30.6 Å². The Morgan fingerprint density at radius 2 is 2.10 bits per heavy atom. The summed E-state index contributed by atoms with van der Waals surface area (Å²) in [4.78, 5) is 3.18. The molecule has 62 valence electrons. The number of halogens is 1. The molecule has 0 spiro atoms. The van der Waals surface area contributed by atoms with Crippen LogP contribution in [0.1, 0.15) is 19.8 Å². The molecule has 2 unspecified atom stereocenters. The smallest absolute Gasteiger partial charge is 0.0172 e. The highest BCUT2D eigenvalue weighted by molar-refractivity contribution is 9.09. The van der Waals surface area contributed by atoms with Crippen LogP contribution in [0.5, 0.6) is 0 Å². The SMILES string of the molecule is CC1CC(Br)CCN1C.N. The van der Waals surface area contributed by atoms with Gasteiger partial charge in [0.25, 0.3) is 0 Å². The molecule has 0 radical (unpaired) electrons. The summed E-state index contributed by atoms with van der Waals surface area (Å²) in [6.07, 6.45) is 2.61. The normalized spacial score (nSPS) is 35.1. The van der Waals surface area contributed by atoms with Gasteiger partial charge in [-0.1, -0.05) is 15.9 Å². The third kappa shape index (κ3) is 2.56. The van der Waals surface area contributed by atoms with E-state index >= 15 is 0 Å². The van der Waals surface area contributed by atoms with Crippen LogP contribution < -0.4 is 6.15 Å². The van der Waals surface area contributed by atoms with Gasteiger partial charge in [-0.05, 0) is 33.4 Å². The van der Waals surface area contributed by atoms with Crippen LogP contribution in [-0.2, 0) is 0 Å². The van der Waals surface area contributed by atoms with Gasteiger partial charge in [-0.15, -0.1) is 0 Å². The Morgan fingerprint density at radius 3 is 2.50 bits per heavy atom. The molecule has 2 nitrogen and oxygen atoms in total. The van der Waals surface area contributed by atoms with Gasteiger partial charge < -0.3 is 11.1 Å². The zero-order chi connectivity index (χ0) is 6.85. The Morgan fingerprint density at radius 1 is 1.50 bits per heavy atom. The molecule has 3 N–H and O–H groups in total. The van der Waals surface area contributed by atoms with Gasteiger partial charge in [-0.3, -0.25) is 0 Å². The van der Waals surface area contributed by atoms with Crippen molar-refractivity contribution in [1.82, 2.24) is 11.1 Å². The number of piperidine rings is 1. The molecule has 1 aliphatic rings. The van der Waals surface area contributed by atoms with Crippen molar-refractivity contribution in [3.05, 3.63) is 0 Å². The molecule has 1 saturated heterocycles. The lowest BCUT2D eigenvalue weighted by Gasteiger charge is -2.32. The van der Waals surface area contributed by atoms with Gasteiger partial charge >= 0.3 is 0 Å². The predicted molar refractivity (Wildman–Crippen MR) is 49.1 cm³/mol. The average Bonchev–Trinajstić information content (AvgIpc) is 1.80. The van der Waals surface area contributed by atoms with Gasteiger partial charge in [-0.25, -0.2) is 0 Å². The van der Waals surface area contributed by atoms with E-state index in [1.807, 2.05) is 0 Å². The first-order chi connectivity index (χ1) is 4.20. The highest BCUT2D eigenvalue weighted by atomic mass is 79.9. The van der Waals surface area contributed by atoms with Gasteiger partial charge in [0, 0.05) is 10.9 Å². The summed E-state index contributed by atoms with van der Waals surface area (Å²) in [5, 5.41) is 0. The number of alkyl halides is 1. The van der Waals surface area contributed by atoms with Crippen molar-refractivity contribution in [3.8, 4) is 0 Å². The van der Waals surface area contributed by atoms with Gasteiger partial charge in [0.2, 0.25) is 0 Å². The Kier molecular flexibility index (Phi) is 4.49. The molecule has 0 saturated carbocycles. The number of likely N-dealkylation sites (tertiary alicyclic amines) is 1. The number of hydrogen-bond donors (Lipinski definition) is 1.